The molecule has 0 aromatic heterocycles. The molecule has 0 fully saturated rings. The molecular weight excluding hydrogens is 304 g/mol. The molecule has 6 N–H and O–H groups in total. The Morgan fingerprint density at radius 3 is 1.83 bits per heavy atom. The number of hydrogen-bond donors (Lipinski definition) is 5. The van der Waals surface area contributed by atoms with E-state index in [1.54, 1.807) is 0 Å². The molecule has 23 heavy (non-hydrogen) atoms. The Kier molecular flexibility index (Phi) is 8.27. The molecule has 0 radical (unpaired) electrons. The first-order valence-electron chi connectivity index (χ1n) is 6.72. The van der Waals surface area contributed by atoms with Gasteiger partial charge in [-0.1, -0.05) is 13.2 Å². The van der Waals surface area contributed by atoms with E-state index in [1.165, 1.54) is 13.8 Å². The summed E-state index contributed by atoms with van der Waals surface area (Å²) in [5.41, 5.74) is 6.03. The lowest BCUT2D eigenvalue weighted by molar-refractivity contribution is -0.142. The first kappa shape index (κ1) is 20.3. The summed E-state index contributed by atoms with van der Waals surface area (Å²) in [6.07, 6.45) is 0. The van der Waals surface area contributed by atoms with Crippen LogP contribution < -0.4 is 21.7 Å². The van der Waals surface area contributed by atoms with Gasteiger partial charge in [-0.3, -0.25) is 14.4 Å². The average molecular weight is 326 g/mol. The van der Waals surface area contributed by atoms with Gasteiger partial charge in [0.25, 0.3) is 0 Å². The van der Waals surface area contributed by atoms with Crippen LogP contribution >= 0.6 is 0 Å². The zero-order valence-corrected chi connectivity index (χ0v) is 13.1. The number of carbonyl (C=O) groups excluding carboxylic acids is 3. The molecule has 2 atom stereocenters. The van der Waals surface area contributed by atoms with Crippen molar-refractivity contribution >= 4 is 23.7 Å². The molecule has 0 saturated heterocycles. The van der Waals surface area contributed by atoms with Crippen molar-refractivity contribution in [1.29, 1.82) is 0 Å². The van der Waals surface area contributed by atoms with Crippen LogP contribution in [0, 0.1) is 0 Å². The maximum absolute atomic E-state index is 11.8. The Labute approximate surface area is 134 Å². The van der Waals surface area contributed by atoms with Gasteiger partial charge >= 0.3 is 5.97 Å². The lowest BCUT2D eigenvalue weighted by atomic mass is 10.2. The third-order valence-electron chi connectivity index (χ3n) is 2.68. The molecule has 0 heterocycles. The van der Waals surface area contributed by atoms with E-state index in [9.17, 15) is 19.2 Å². The predicted molar refractivity (Wildman–Crippen MR) is 83.2 cm³/mol. The molecule has 0 bridgehead atoms. The Morgan fingerprint density at radius 2 is 1.43 bits per heavy atom. The van der Waals surface area contributed by atoms with Crippen molar-refractivity contribution in [3.63, 3.8) is 0 Å². The fourth-order valence-corrected chi connectivity index (χ4v) is 1.27. The lowest BCUT2D eigenvalue weighted by Gasteiger charge is -2.18. The predicted octanol–water partition coefficient (Wildman–Crippen LogP) is -1.73. The summed E-state index contributed by atoms with van der Waals surface area (Å²) in [5, 5.41) is 15.9. The maximum atomic E-state index is 11.8. The molecule has 9 nitrogen and oxygen atoms in total. The third kappa shape index (κ3) is 7.77. The minimum Gasteiger partial charge on any atom is -0.480 e. The van der Waals surface area contributed by atoms with Gasteiger partial charge in [-0.25, -0.2) is 4.79 Å². The molecule has 0 saturated carbocycles. The van der Waals surface area contributed by atoms with Crippen LogP contribution in [0.2, 0.25) is 0 Å². The molecule has 9 heteroatoms. The van der Waals surface area contributed by atoms with Gasteiger partial charge in [0.05, 0.1) is 0 Å². The van der Waals surface area contributed by atoms with Gasteiger partial charge < -0.3 is 26.8 Å². The Bertz CT molecular complexity index is 529. The second kappa shape index (κ2) is 9.36. The summed E-state index contributed by atoms with van der Waals surface area (Å²) in [5.74, 6) is -3.09. The first-order valence-corrected chi connectivity index (χ1v) is 6.72. The molecule has 0 aromatic rings. The quantitative estimate of drug-likeness (QED) is 0.318. The zero-order valence-electron chi connectivity index (χ0n) is 13.1. The first-order chi connectivity index (χ1) is 10.6. The van der Waals surface area contributed by atoms with Crippen LogP contribution in [0.25, 0.3) is 0 Å². The highest BCUT2D eigenvalue weighted by Crippen LogP contribution is 1.91. The van der Waals surface area contributed by atoms with E-state index in [0.29, 0.717) is 0 Å². The Balaban J connectivity index is 4.51. The molecule has 0 aliphatic heterocycles. The minimum absolute atomic E-state index is 0.179. The van der Waals surface area contributed by atoms with Crippen molar-refractivity contribution in [2.24, 2.45) is 5.73 Å². The highest BCUT2D eigenvalue weighted by Gasteiger charge is 2.24. The number of carbonyl (C=O) groups is 4. The van der Waals surface area contributed by atoms with Crippen molar-refractivity contribution < 1.29 is 24.3 Å². The zero-order chi connectivity index (χ0) is 18.2. The minimum atomic E-state index is -1.35. The molecule has 0 rings (SSSR count). The van der Waals surface area contributed by atoms with E-state index in [-0.39, 0.29) is 24.2 Å². The summed E-state index contributed by atoms with van der Waals surface area (Å²) < 4.78 is 0. The third-order valence-corrected chi connectivity index (χ3v) is 2.68. The van der Waals surface area contributed by atoms with Crippen LogP contribution in [0.5, 0.6) is 0 Å². The number of hydrogen-bond acceptors (Lipinski definition) is 5. The van der Waals surface area contributed by atoms with E-state index in [2.05, 4.69) is 29.1 Å². The highest BCUT2D eigenvalue weighted by atomic mass is 16.4. The van der Waals surface area contributed by atoms with Crippen LogP contribution in [0.4, 0.5) is 0 Å². The van der Waals surface area contributed by atoms with Crippen molar-refractivity contribution in [3.05, 3.63) is 24.3 Å². The largest absolute Gasteiger partial charge is 0.480 e. The van der Waals surface area contributed by atoms with E-state index >= 15 is 0 Å². The number of nitrogens with one attached hydrogen (secondary N) is 3. The number of carboxylic acid groups (broad SMARTS) is 1. The van der Waals surface area contributed by atoms with Gasteiger partial charge in [-0.15, -0.1) is 0 Å². The second-order valence-electron chi connectivity index (χ2n) is 4.99. The fraction of sp³-hybridized carbons (Fsp3) is 0.429. The van der Waals surface area contributed by atoms with E-state index in [4.69, 9.17) is 10.8 Å². The molecule has 128 valence electrons. The van der Waals surface area contributed by atoms with Gasteiger partial charge in [0.15, 0.2) is 0 Å². The molecule has 0 aliphatic rings. The van der Waals surface area contributed by atoms with Gasteiger partial charge in [0, 0.05) is 24.2 Å². The SMILES string of the molecule is C=C(C)C(=O)NC[C@H](NC(=O)[C@@H](N)CNC(=O)C(=C)C)C(=O)O. The van der Waals surface area contributed by atoms with E-state index < -0.39 is 35.8 Å². The summed E-state index contributed by atoms with van der Waals surface area (Å²) in [6.45, 7) is 9.29. The van der Waals surface area contributed by atoms with Gasteiger partial charge in [0.1, 0.15) is 12.1 Å². The molecular formula is C14H22N4O5. The number of aliphatic carboxylic acids is 1. The van der Waals surface area contributed by atoms with Gasteiger partial charge in [0.2, 0.25) is 17.7 Å². The van der Waals surface area contributed by atoms with Crippen LogP contribution in [-0.2, 0) is 19.2 Å². The number of carboxylic acids is 1. The molecule has 0 unspecified atom stereocenters. The summed E-state index contributed by atoms with van der Waals surface area (Å²) in [6, 6.07) is -2.49. The van der Waals surface area contributed by atoms with Crippen LogP contribution in [0.15, 0.2) is 24.3 Å². The van der Waals surface area contributed by atoms with E-state index in [1.807, 2.05) is 0 Å². The van der Waals surface area contributed by atoms with Crippen LogP contribution in [0.1, 0.15) is 13.8 Å². The van der Waals surface area contributed by atoms with Gasteiger partial charge in [-0.2, -0.15) is 0 Å². The second-order valence-corrected chi connectivity index (χ2v) is 4.99. The molecule has 0 aliphatic carbocycles. The Morgan fingerprint density at radius 1 is 1.00 bits per heavy atom. The van der Waals surface area contributed by atoms with Crippen LogP contribution in [-0.4, -0.2) is 54.0 Å². The topological polar surface area (TPSA) is 151 Å². The van der Waals surface area contributed by atoms with E-state index in [0.717, 1.165) is 0 Å². The molecule has 3 amide bonds. The normalized spacial score (nSPS) is 12.5. The highest BCUT2D eigenvalue weighted by molar-refractivity contribution is 5.94. The van der Waals surface area contributed by atoms with Crippen molar-refractivity contribution in [1.82, 2.24) is 16.0 Å². The van der Waals surface area contributed by atoms with Crippen molar-refractivity contribution in [3.8, 4) is 0 Å². The summed E-state index contributed by atoms with van der Waals surface area (Å²) in [4.78, 5) is 45.5. The maximum Gasteiger partial charge on any atom is 0.328 e. The smallest absolute Gasteiger partial charge is 0.328 e. The van der Waals surface area contributed by atoms with Crippen molar-refractivity contribution in [2.75, 3.05) is 13.1 Å². The van der Waals surface area contributed by atoms with Crippen LogP contribution in [0.3, 0.4) is 0 Å². The number of rotatable bonds is 9. The average Bonchev–Trinajstić information content (AvgIpc) is 2.47. The van der Waals surface area contributed by atoms with Gasteiger partial charge in [-0.05, 0) is 13.8 Å². The summed E-state index contributed by atoms with van der Waals surface area (Å²) in [7, 11) is 0. The summed E-state index contributed by atoms with van der Waals surface area (Å²) >= 11 is 0. The lowest BCUT2D eigenvalue weighted by Crippen LogP contribution is -2.55. The Hall–Kier alpha value is -2.68. The molecule has 0 aromatic carbocycles. The number of nitrogens with two attached hydrogens (primary N) is 1. The monoisotopic (exact) mass is 326 g/mol. The van der Waals surface area contributed by atoms with Crippen molar-refractivity contribution in [2.45, 2.75) is 25.9 Å². The molecule has 0 spiro atoms. The fourth-order valence-electron chi connectivity index (χ4n) is 1.27. The standard InChI is InChI=1S/C14H22N4O5/c1-7(2)11(19)16-5-9(15)13(21)18-10(14(22)23)6-17-12(20)8(3)4/h9-10H,1,3,5-6,15H2,2,4H3,(H,16,19)(H,17,20)(H,18,21)(H,22,23)/t9-,10-/m0/s1. The number of amides is 3.